The molecule has 2 amide bonds. The number of hydrogen-bond acceptors (Lipinski definition) is 5. The number of rotatable bonds is 4. The van der Waals surface area contributed by atoms with E-state index in [0.29, 0.717) is 29.8 Å². The summed E-state index contributed by atoms with van der Waals surface area (Å²) in [5.74, 6) is -0.608. The summed E-state index contributed by atoms with van der Waals surface area (Å²) in [6, 6.07) is 4.93. The highest BCUT2D eigenvalue weighted by molar-refractivity contribution is 6.00. The average Bonchev–Trinajstić information content (AvgIpc) is 3.26. The molecule has 8 nitrogen and oxygen atoms in total. The van der Waals surface area contributed by atoms with Gasteiger partial charge in [-0.05, 0) is 43.9 Å². The molecule has 0 aromatic heterocycles. The Hall–Kier alpha value is -2.61. The predicted molar refractivity (Wildman–Crippen MR) is 109 cm³/mol. The van der Waals surface area contributed by atoms with Gasteiger partial charge in [-0.1, -0.05) is 12.8 Å². The van der Waals surface area contributed by atoms with Gasteiger partial charge in [0.25, 0.3) is 5.91 Å². The maximum absolute atomic E-state index is 13.2. The minimum Gasteiger partial charge on any atom is -0.490 e. The van der Waals surface area contributed by atoms with E-state index in [1.807, 2.05) is 0 Å². The van der Waals surface area contributed by atoms with Crippen LogP contribution in [-0.2, 0) is 14.3 Å². The number of anilines is 1. The predicted octanol–water partition coefficient (Wildman–Crippen LogP) is 2.67. The van der Waals surface area contributed by atoms with Crippen LogP contribution in [0, 0.1) is 5.92 Å². The van der Waals surface area contributed by atoms with Crippen molar-refractivity contribution >= 4 is 23.5 Å². The Morgan fingerprint density at radius 1 is 1.20 bits per heavy atom. The van der Waals surface area contributed by atoms with Crippen LogP contribution in [0.1, 0.15) is 55.3 Å². The lowest BCUT2D eigenvalue weighted by molar-refractivity contribution is -0.148. The van der Waals surface area contributed by atoms with Crippen molar-refractivity contribution in [3.63, 3.8) is 0 Å². The molecule has 4 rings (SSSR count). The Labute approximate surface area is 175 Å². The van der Waals surface area contributed by atoms with E-state index in [-0.39, 0.29) is 49.0 Å². The largest absolute Gasteiger partial charge is 0.490 e. The molecule has 0 radical (unpaired) electrons. The fourth-order valence-corrected chi connectivity index (χ4v) is 4.73. The van der Waals surface area contributed by atoms with Gasteiger partial charge in [0, 0.05) is 18.7 Å². The van der Waals surface area contributed by atoms with Crippen LogP contribution in [0.5, 0.6) is 5.75 Å². The normalized spacial score (nSPS) is 26.8. The molecular weight excluding hydrogens is 388 g/mol. The molecule has 1 saturated heterocycles. The molecule has 0 bridgehead atoms. The van der Waals surface area contributed by atoms with Gasteiger partial charge in [0.05, 0.1) is 24.1 Å². The number of carboxylic acids is 1. The third-order valence-corrected chi connectivity index (χ3v) is 6.41. The SMILES string of the molecule is CN1C(=O)c2cc(NC(=O)C3CCCC3)ccc2OC[C@@H]2O[C@H](CC(=O)O)CC[C@H]21. The summed E-state index contributed by atoms with van der Waals surface area (Å²) < 4.78 is 11.8. The number of nitrogens with zero attached hydrogens (tertiary/aromatic N) is 1. The molecule has 2 N–H and O–H groups in total. The van der Waals surface area contributed by atoms with Gasteiger partial charge >= 0.3 is 5.97 Å². The molecule has 8 heteroatoms. The van der Waals surface area contributed by atoms with E-state index in [2.05, 4.69) is 5.32 Å². The van der Waals surface area contributed by atoms with Gasteiger partial charge in [0.1, 0.15) is 18.5 Å². The highest BCUT2D eigenvalue weighted by Crippen LogP contribution is 2.33. The number of benzene rings is 1. The molecule has 0 spiro atoms. The molecule has 0 unspecified atom stereocenters. The van der Waals surface area contributed by atoms with Crippen molar-refractivity contribution in [2.45, 2.75) is 63.2 Å². The first-order valence-electron chi connectivity index (χ1n) is 10.6. The minimum absolute atomic E-state index is 0.00485. The first-order valence-corrected chi connectivity index (χ1v) is 10.6. The molecule has 1 saturated carbocycles. The van der Waals surface area contributed by atoms with Crippen molar-refractivity contribution in [1.82, 2.24) is 4.90 Å². The van der Waals surface area contributed by atoms with E-state index < -0.39 is 5.97 Å². The minimum atomic E-state index is -0.896. The van der Waals surface area contributed by atoms with Gasteiger partial charge in [-0.2, -0.15) is 0 Å². The van der Waals surface area contributed by atoms with Gasteiger partial charge in [-0.3, -0.25) is 14.4 Å². The molecule has 2 heterocycles. The highest BCUT2D eigenvalue weighted by Gasteiger charge is 2.39. The lowest BCUT2D eigenvalue weighted by Crippen LogP contribution is -2.53. The number of nitrogens with one attached hydrogen (secondary N) is 1. The van der Waals surface area contributed by atoms with Crippen LogP contribution in [0.4, 0.5) is 5.69 Å². The van der Waals surface area contributed by atoms with Crippen LogP contribution >= 0.6 is 0 Å². The zero-order chi connectivity index (χ0) is 21.3. The number of carbonyl (C=O) groups excluding carboxylic acids is 2. The van der Waals surface area contributed by atoms with Crippen LogP contribution in [-0.4, -0.2) is 59.7 Å². The van der Waals surface area contributed by atoms with Gasteiger partial charge < -0.3 is 24.8 Å². The van der Waals surface area contributed by atoms with Crippen LogP contribution in [0.15, 0.2) is 18.2 Å². The molecule has 3 atom stereocenters. The van der Waals surface area contributed by atoms with E-state index in [4.69, 9.17) is 14.6 Å². The molecule has 1 aromatic rings. The first kappa shape index (κ1) is 20.7. The number of amides is 2. The zero-order valence-electron chi connectivity index (χ0n) is 17.1. The molecule has 1 aromatic carbocycles. The van der Waals surface area contributed by atoms with Gasteiger partial charge in [0.2, 0.25) is 5.91 Å². The van der Waals surface area contributed by atoms with Crippen LogP contribution in [0.3, 0.4) is 0 Å². The molecule has 30 heavy (non-hydrogen) atoms. The second-order valence-corrected chi connectivity index (χ2v) is 8.45. The van der Waals surface area contributed by atoms with E-state index in [1.54, 1.807) is 30.1 Å². The van der Waals surface area contributed by atoms with Crippen molar-refractivity contribution < 1.29 is 29.0 Å². The van der Waals surface area contributed by atoms with Crippen molar-refractivity contribution in [3.8, 4) is 5.75 Å². The van der Waals surface area contributed by atoms with E-state index >= 15 is 0 Å². The Bertz CT molecular complexity index is 835. The number of ether oxygens (including phenoxy) is 2. The zero-order valence-corrected chi connectivity index (χ0v) is 17.1. The number of likely N-dealkylation sites (N-methyl/N-ethyl adjacent to an activating group) is 1. The fraction of sp³-hybridized carbons (Fsp3) is 0.591. The number of carbonyl (C=O) groups is 3. The number of fused-ring (bicyclic) bond motifs is 2. The Morgan fingerprint density at radius 2 is 1.97 bits per heavy atom. The third kappa shape index (κ3) is 4.28. The number of aliphatic carboxylic acids is 1. The quantitative estimate of drug-likeness (QED) is 0.782. The smallest absolute Gasteiger partial charge is 0.305 e. The summed E-state index contributed by atoms with van der Waals surface area (Å²) in [6.07, 6.45) is 4.41. The highest BCUT2D eigenvalue weighted by atomic mass is 16.5. The van der Waals surface area contributed by atoms with Gasteiger partial charge in [-0.15, -0.1) is 0 Å². The first-order chi connectivity index (χ1) is 14.4. The Morgan fingerprint density at radius 3 is 2.70 bits per heavy atom. The monoisotopic (exact) mass is 416 g/mol. The van der Waals surface area contributed by atoms with E-state index in [1.165, 1.54) is 0 Å². The molecular formula is C22H28N2O6. The van der Waals surface area contributed by atoms with Crippen LogP contribution in [0.25, 0.3) is 0 Å². The Balaban J connectivity index is 1.51. The topological polar surface area (TPSA) is 105 Å². The number of carboxylic acid groups (broad SMARTS) is 1. The summed E-state index contributed by atoms with van der Waals surface area (Å²) in [5.41, 5.74) is 1.00. The maximum atomic E-state index is 13.2. The van der Waals surface area contributed by atoms with Crippen LogP contribution in [0.2, 0.25) is 0 Å². The van der Waals surface area contributed by atoms with Crippen molar-refractivity contribution in [2.75, 3.05) is 19.0 Å². The fourth-order valence-electron chi connectivity index (χ4n) is 4.73. The van der Waals surface area contributed by atoms with Crippen molar-refractivity contribution in [2.24, 2.45) is 5.92 Å². The molecule has 2 aliphatic heterocycles. The molecule has 2 fully saturated rings. The lowest BCUT2D eigenvalue weighted by Gasteiger charge is -2.42. The van der Waals surface area contributed by atoms with E-state index in [9.17, 15) is 14.4 Å². The van der Waals surface area contributed by atoms with Gasteiger partial charge in [-0.25, -0.2) is 0 Å². The maximum Gasteiger partial charge on any atom is 0.305 e. The Kier molecular flexibility index (Phi) is 5.94. The molecule has 162 valence electrons. The summed E-state index contributed by atoms with van der Waals surface area (Å²) >= 11 is 0. The average molecular weight is 416 g/mol. The summed E-state index contributed by atoms with van der Waals surface area (Å²) in [7, 11) is 1.74. The number of hydrogen-bond donors (Lipinski definition) is 2. The molecule has 3 aliphatic rings. The van der Waals surface area contributed by atoms with Crippen LogP contribution < -0.4 is 10.1 Å². The summed E-state index contributed by atoms with van der Waals surface area (Å²) in [6.45, 7) is 0.235. The van der Waals surface area contributed by atoms with Gasteiger partial charge in [0.15, 0.2) is 0 Å². The second kappa shape index (κ2) is 8.63. The molecule has 1 aliphatic carbocycles. The summed E-state index contributed by atoms with van der Waals surface area (Å²) in [5, 5.41) is 12.0. The van der Waals surface area contributed by atoms with E-state index in [0.717, 1.165) is 25.7 Å². The standard InChI is InChI=1S/C22H28N2O6/c1-24-17-8-7-15(11-20(25)26)30-19(17)12-29-18-9-6-14(10-16(18)22(24)28)23-21(27)13-4-2-3-5-13/h6,9-10,13,15,17,19H,2-5,7-8,11-12H2,1H3,(H,23,27)(H,25,26)/t15-,17+,19-/m0/s1. The second-order valence-electron chi connectivity index (χ2n) is 8.45. The lowest BCUT2D eigenvalue weighted by atomic mass is 9.94. The van der Waals surface area contributed by atoms with Crippen molar-refractivity contribution in [3.05, 3.63) is 23.8 Å². The van der Waals surface area contributed by atoms with Crippen molar-refractivity contribution in [1.29, 1.82) is 0 Å². The summed E-state index contributed by atoms with van der Waals surface area (Å²) in [4.78, 5) is 38.3. The third-order valence-electron chi connectivity index (χ3n) is 6.41.